The van der Waals surface area contributed by atoms with Gasteiger partial charge in [0.2, 0.25) is 0 Å². The molecule has 4 N–H and O–H groups in total. The second kappa shape index (κ2) is 4.71. The maximum atomic E-state index is 12.5. The van der Waals surface area contributed by atoms with Gasteiger partial charge in [0.15, 0.2) is 6.10 Å². The van der Waals surface area contributed by atoms with E-state index in [0.29, 0.717) is 10.8 Å². The summed E-state index contributed by atoms with van der Waals surface area (Å²) in [6.45, 7) is 0. The fraction of sp³-hybridized carbons (Fsp3) is 0.231. The molecule has 0 aliphatic carbocycles. The Morgan fingerprint density at radius 3 is 2.16 bits per heavy atom. The van der Waals surface area contributed by atoms with E-state index in [2.05, 4.69) is 0 Å². The molecule has 0 aliphatic heterocycles. The zero-order valence-corrected chi connectivity index (χ0v) is 9.72. The Bertz CT molecular complexity index is 598. The lowest BCUT2D eigenvalue weighted by molar-refractivity contribution is -0.210. The molecule has 0 spiro atoms. The van der Waals surface area contributed by atoms with Crippen LogP contribution in [0.2, 0.25) is 0 Å². The number of alkyl halides is 3. The van der Waals surface area contributed by atoms with Gasteiger partial charge < -0.3 is 15.9 Å². The van der Waals surface area contributed by atoms with Gasteiger partial charge in [-0.15, -0.1) is 0 Å². The molecule has 0 aliphatic rings. The van der Waals surface area contributed by atoms with Crippen molar-refractivity contribution in [2.75, 3.05) is 0 Å². The minimum atomic E-state index is -4.79. The number of fused-ring (bicyclic) bond motifs is 1. The summed E-state index contributed by atoms with van der Waals surface area (Å²) < 4.78 is 37.5. The molecule has 0 saturated heterocycles. The number of benzene rings is 2. The number of rotatable bonds is 2. The van der Waals surface area contributed by atoms with Crippen LogP contribution in [0.25, 0.3) is 10.8 Å². The van der Waals surface area contributed by atoms with Crippen molar-refractivity contribution >= 4 is 10.8 Å². The number of hydrogen-bond acceptors (Lipinski definition) is 3. The minimum absolute atomic E-state index is 0.0481. The first-order valence-corrected chi connectivity index (χ1v) is 5.53. The second-order valence-corrected chi connectivity index (χ2v) is 4.23. The number of halogens is 3. The Morgan fingerprint density at radius 2 is 1.58 bits per heavy atom. The number of aromatic hydroxyl groups is 1. The molecule has 3 nitrogen and oxygen atoms in total. The molecule has 6 heteroatoms. The van der Waals surface area contributed by atoms with Gasteiger partial charge in [-0.1, -0.05) is 30.3 Å². The highest BCUT2D eigenvalue weighted by atomic mass is 19.4. The van der Waals surface area contributed by atoms with Crippen molar-refractivity contribution in [2.45, 2.75) is 18.3 Å². The van der Waals surface area contributed by atoms with Crippen LogP contribution in [-0.2, 0) is 0 Å². The highest BCUT2D eigenvalue weighted by Crippen LogP contribution is 2.34. The zero-order valence-electron chi connectivity index (χ0n) is 9.72. The first kappa shape index (κ1) is 13.6. The highest BCUT2D eigenvalue weighted by molar-refractivity contribution is 5.91. The van der Waals surface area contributed by atoms with Crippen molar-refractivity contribution in [2.24, 2.45) is 5.73 Å². The maximum absolute atomic E-state index is 12.5. The van der Waals surface area contributed by atoms with Crippen LogP contribution in [0, 0.1) is 0 Å². The maximum Gasteiger partial charge on any atom is 0.416 e. The Labute approximate surface area is 107 Å². The lowest BCUT2D eigenvalue weighted by Gasteiger charge is -2.23. The molecular weight excluding hydrogens is 259 g/mol. The summed E-state index contributed by atoms with van der Waals surface area (Å²) in [5.74, 6) is -0.0481. The van der Waals surface area contributed by atoms with Crippen LogP contribution < -0.4 is 5.73 Å². The third-order valence-electron chi connectivity index (χ3n) is 2.97. The van der Waals surface area contributed by atoms with E-state index in [4.69, 9.17) is 5.73 Å². The molecule has 2 aromatic rings. The molecule has 0 heterocycles. The third-order valence-corrected chi connectivity index (χ3v) is 2.97. The van der Waals surface area contributed by atoms with Crippen LogP contribution in [0.5, 0.6) is 5.75 Å². The van der Waals surface area contributed by atoms with E-state index in [1.165, 1.54) is 12.1 Å². The second-order valence-electron chi connectivity index (χ2n) is 4.23. The lowest BCUT2D eigenvalue weighted by atomic mass is 9.95. The van der Waals surface area contributed by atoms with E-state index in [0.717, 1.165) is 0 Å². The number of phenols is 1. The van der Waals surface area contributed by atoms with E-state index >= 15 is 0 Å². The molecule has 0 saturated carbocycles. The Balaban J connectivity index is 2.55. The minimum Gasteiger partial charge on any atom is -0.507 e. The van der Waals surface area contributed by atoms with Gasteiger partial charge in [-0.05, 0) is 17.0 Å². The van der Waals surface area contributed by atoms with Gasteiger partial charge in [-0.3, -0.25) is 0 Å². The number of phenolic OH excluding ortho intramolecular Hbond substituents is 1. The normalized spacial score (nSPS) is 15.4. The van der Waals surface area contributed by atoms with Crippen molar-refractivity contribution in [1.29, 1.82) is 0 Å². The Morgan fingerprint density at radius 1 is 1.00 bits per heavy atom. The Hall–Kier alpha value is -1.79. The van der Waals surface area contributed by atoms with Crippen LogP contribution in [-0.4, -0.2) is 22.5 Å². The van der Waals surface area contributed by atoms with Gasteiger partial charge in [0.1, 0.15) is 5.75 Å². The molecule has 0 aromatic heterocycles. The number of aliphatic hydroxyl groups is 1. The van der Waals surface area contributed by atoms with Crippen molar-refractivity contribution in [3.05, 3.63) is 42.0 Å². The average Bonchev–Trinajstić information content (AvgIpc) is 2.37. The highest BCUT2D eigenvalue weighted by Gasteiger charge is 2.43. The number of hydrogen-bond donors (Lipinski definition) is 3. The molecule has 0 bridgehead atoms. The molecule has 2 aromatic carbocycles. The summed E-state index contributed by atoms with van der Waals surface area (Å²) in [5, 5.41) is 19.7. The van der Waals surface area contributed by atoms with Crippen LogP contribution in [0.3, 0.4) is 0 Å². The molecule has 0 fully saturated rings. The van der Waals surface area contributed by atoms with Gasteiger partial charge in [-0.2, -0.15) is 13.2 Å². The lowest BCUT2D eigenvalue weighted by Crippen LogP contribution is -2.38. The topological polar surface area (TPSA) is 66.5 Å². The van der Waals surface area contributed by atoms with Crippen LogP contribution in [0.15, 0.2) is 36.4 Å². The van der Waals surface area contributed by atoms with Crippen molar-refractivity contribution in [3.8, 4) is 5.75 Å². The zero-order chi connectivity index (χ0) is 14.2. The molecule has 102 valence electrons. The quantitative estimate of drug-likeness (QED) is 0.786. The summed E-state index contributed by atoms with van der Waals surface area (Å²) in [7, 11) is 0. The van der Waals surface area contributed by atoms with Crippen LogP contribution >= 0.6 is 0 Å². The fourth-order valence-electron chi connectivity index (χ4n) is 1.97. The first-order chi connectivity index (χ1) is 8.82. The van der Waals surface area contributed by atoms with E-state index in [-0.39, 0.29) is 11.3 Å². The smallest absolute Gasteiger partial charge is 0.416 e. The molecule has 2 rings (SSSR count). The van der Waals surface area contributed by atoms with E-state index in [9.17, 15) is 23.4 Å². The standard InChI is InChI=1S/C13H12F3NO2/c14-13(15,16)12(19)11(17)9-5-6-10(18)8-4-2-1-3-7(8)9/h1-6,11-12,18-19H,17H2/t11-,12-/m0/s1. The van der Waals surface area contributed by atoms with Gasteiger partial charge in [0.25, 0.3) is 0 Å². The molecule has 0 unspecified atom stereocenters. The largest absolute Gasteiger partial charge is 0.507 e. The summed E-state index contributed by atoms with van der Waals surface area (Å²) in [6.07, 6.45) is -7.45. The van der Waals surface area contributed by atoms with Crippen molar-refractivity contribution < 1.29 is 23.4 Å². The van der Waals surface area contributed by atoms with Crippen LogP contribution in [0.4, 0.5) is 13.2 Å². The molecule has 19 heavy (non-hydrogen) atoms. The summed E-state index contributed by atoms with van der Waals surface area (Å²) in [4.78, 5) is 0. The van der Waals surface area contributed by atoms with Gasteiger partial charge in [0, 0.05) is 5.39 Å². The number of nitrogens with two attached hydrogens (primary N) is 1. The van der Waals surface area contributed by atoms with E-state index in [1.54, 1.807) is 24.3 Å². The van der Waals surface area contributed by atoms with E-state index in [1.807, 2.05) is 0 Å². The first-order valence-electron chi connectivity index (χ1n) is 5.53. The summed E-state index contributed by atoms with van der Waals surface area (Å²) >= 11 is 0. The fourth-order valence-corrected chi connectivity index (χ4v) is 1.97. The van der Waals surface area contributed by atoms with Crippen LogP contribution in [0.1, 0.15) is 11.6 Å². The Kier molecular flexibility index (Phi) is 3.38. The predicted octanol–water partition coefficient (Wildman–Crippen LogP) is 2.47. The summed E-state index contributed by atoms with van der Waals surface area (Å²) in [6, 6.07) is 7.34. The molecular formula is C13H12F3NO2. The monoisotopic (exact) mass is 271 g/mol. The average molecular weight is 271 g/mol. The summed E-state index contributed by atoms with van der Waals surface area (Å²) in [5.41, 5.74) is 5.63. The molecule has 0 radical (unpaired) electrons. The van der Waals surface area contributed by atoms with Gasteiger partial charge in [0.05, 0.1) is 6.04 Å². The van der Waals surface area contributed by atoms with Crippen molar-refractivity contribution in [3.63, 3.8) is 0 Å². The molecule has 2 atom stereocenters. The third kappa shape index (κ3) is 2.50. The van der Waals surface area contributed by atoms with Gasteiger partial charge in [-0.25, -0.2) is 0 Å². The van der Waals surface area contributed by atoms with Crippen molar-refractivity contribution in [1.82, 2.24) is 0 Å². The SMILES string of the molecule is N[C@@H](c1ccc(O)c2ccccc12)[C@H](O)C(F)(F)F. The van der Waals surface area contributed by atoms with Gasteiger partial charge >= 0.3 is 6.18 Å². The molecule has 0 amide bonds. The predicted molar refractivity (Wildman–Crippen MR) is 64.6 cm³/mol. The van der Waals surface area contributed by atoms with E-state index < -0.39 is 18.3 Å². The number of aliphatic hydroxyl groups excluding tert-OH is 1.